The first kappa shape index (κ1) is 23.6. The van der Waals surface area contributed by atoms with Crippen molar-refractivity contribution in [3.05, 3.63) is 46.2 Å². The Bertz CT molecular complexity index is 1010. The van der Waals surface area contributed by atoms with Crippen molar-refractivity contribution in [3.8, 4) is 5.75 Å². The summed E-state index contributed by atoms with van der Waals surface area (Å²) in [6.07, 6.45) is 0.944. The number of benzene rings is 1. The molecular formula is C22H29N3O4S3. The molecule has 2 fully saturated rings. The zero-order valence-corrected chi connectivity index (χ0v) is 20.7. The number of hydrogen-bond acceptors (Lipinski definition) is 7. The number of sulfonamides is 1. The Balaban J connectivity index is 1.33. The molecule has 0 unspecified atom stereocenters. The van der Waals surface area contributed by atoms with Crippen molar-refractivity contribution in [2.45, 2.75) is 11.3 Å². The van der Waals surface area contributed by atoms with Gasteiger partial charge in [0.1, 0.15) is 15.5 Å². The molecule has 32 heavy (non-hydrogen) atoms. The lowest BCUT2D eigenvalue weighted by molar-refractivity contribution is 0.0639. The summed E-state index contributed by atoms with van der Waals surface area (Å²) in [5, 5.41) is 1.71. The minimum Gasteiger partial charge on any atom is -0.497 e. The van der Waals surface area contributed by atoms with Gasteiger partial charge in [0.15, 0.2) is 0 Å². The molecule has 0 aliphatic carbocycles. The molecule has 10 heteroatoms. The predicted molar refractivity (Wildman–Crippen MR) is 129 cm³/mol. The van der Waals surface area contributed by atoms with E-state index in [1.54, 1.807) is 35.2 Å². The van der Waals surface area contributed by atoms with Gasteiger partial charge in [-0.2, -0.15) is 16.1 Å². The number of hydrogen-bond donors (Lipinski definition) is 0. The number of carbonyl (C=O) groups excluding carboxylic acids is 1. The highest BCUT2D eigenvalue weighted by molar-refractivity contribution is 7.99. The number of amides is 1. The minimum atomic E-state index is -3.62. The quantitative estimate of drug-likeness (QED) is 0.588. The second kappa shape index (κ2) is 10.6. The van der Waals surface area contributed by atoms with Gasteiger partial charge in [0.25, 0.3) is 5.91 Å². The van der Waals surface area contributed by atoms with E-state index in [-0.39, 0.29) is 10.8 Å². The molecule has 2 aliphatic heterocycles. The van der Waals surface area contributed by atoms with Crippen molar-refractivity contribution in [2.75, 3.05) is 64.4 Å². The van der Waals surface area contributed by atoms with Crippen molar-refractivity contribution in [3.63, 3.8) is 0 Å². The van der Waals surface area contributed by atoms with Gasteiger partial charge in [0.2, 0.25) is 10.0 Å². The number of rotatable bonds is 7. The highest BCUT2D eigenvalue weighted by Crippen LogP contribution is 2.28. The van der Waals surface area contributed by atoms with E-state index < -0.39 is 10.0 Å². The van der Waals surface area contributed by atoms with Gasteiger partial charge < -0.3 is 9.64 Å². The van der Waals surface area contributed by atoms with Crippen LogP contribution in [0.2, 0.25) is 0 Å². The van der Waals surface area contributed by atoms with E-state index in [0.717, 1.165) is 43.3 Å². The third-order valence-electron chi connectivity index (χ3n) is 5.95. The standard InChI is InChI=1S/C22H29N3O4S3/c1-29-19-4-2-18(3-5-19)6-8-23-9-11-24(12-10-23)22(26)21-20(7-15-31-21)32(27,28)25-13-16-30-17-14-25/h2-5,7,15H,6,8-14,16-17H2,1H3. The summed E-state index contributed by atoms with van der Waals surface area (Å²) >= 11 is 2.99. The summed E-state index contributed by atoms with van der Waals surface area (Å²) in [6.45, 7) is 4.74. The van der Waals surface area contributed by atoms with Crippen LogP contribution in [-0.2, 0) is 16.4 Å². The number of thioether (sulfide) groups is 1. The van der Waals surface area contributed by atoms with Gasteiger partial charge in [-0.25, -0.2) is 8.42 Å². The molecule has 2 aromatic rings. The summed E-state index contributed by atoms with van der Waals surface area (Å²) in [4.78, 5) is 17.8. The Kier molecular flexibility index (Phi) is 7.78. The molecule has 0 spiro atoms. The normalized spacial score (nSPS) is 18.6. The first-order valence-electron chi connectivity index (χ1n) is 10.8. The first-order chi connectivity index (χ1) is 15.5. The molecule has 1 aromatic carbocycles. The number of thiophene rings is 1. The molecule has 2 saturated heterocycles. The summed E-state index contributed by atoms with van der Waals surface area (Å²) in [5.41, 5.74) is 1.26. The van der Waals surface area contributed by atoms with E-state index in [1.807, 2.05) is 12.1 Å². The van der Waals surface area contributed by atoms with E-state index in [1.165, 1.54) is 21.2 Å². The largest absolute Gasteiger partial charge is 0.497 e. The Morgan fingerprint density at radius 3 is 2.34 bits per heavy atom. The number of carbonyl (C=O) groups is 1. The van der Waals surface area contributed by atoms with Crippen molar-refractivity contribution in [1.82, 2.24) is 14.1 Å². The maximum Gasteiger partial charge on any atom is 0.265 e. The van der Waals surface area contributed by atoms with Crippen molar-refractivity contribution in [2.24, 2.45) is 0 Å². The third-order valence-corrected chi connectivity index (χ3v) is 9.86. The highest BCUT2D eigenvalue weighted by atomic mass is 32.2. The van der Waals surface area contributed by atoms with Crippen LogP contribution in [0.4, 0.5) is 0 Å². The van der Waals surface area contributed by atoms with Crippen LogP contribution in [0.1, 0.15) is 15.2 Å². The molecule has 0 N–H and O–H groups in total. The molecule has 2 aliphatic rings. The minimum absolute atomic E-state index is 0.167. The van der Waals surface area contributed by atoms with E-state index in [0.29, 0.717) is 31.1 Å². The Morgan fingerprint density at radius 1 is 1.00 bits per heavy atom. The van der Waals surface area contributed by atoms with Gasteiger partial charge >= 0.3 is 0 Å². The molecule has 174 valence electrons. The second-order valence-corrected chi connectivity index (χ2v) is 11.9. The van der Waals surface area contributed by atoms with Crippen molar-refractivity contribution in [1.29, 1.82) is 0 Å². The third kappa shape index (κ3) is 5.31. The van der Waals surface area contributed by atoms with Crippen LogP contribution in [0.15, 0.2) is 40.6 Å². The molecule has 0 saturated carbocycles. The van der Waals surface area contributed by atoms with Crippen LogP contribution in [0.3, 0.4) is 0 Å². The number of nitrogens with zero attached hydrogens (tertiary/aromatic N) is 3. The first-order valence-corrected chi connectivity index (χ1v) is 14.3. The van der Waals surface area contributed by atoms with Crippen LogP contribution < -0.4 is 4.74 Å². The fraction of sp³-hybridized carbons (Fsp3) is 0.500. The molecule has 0 radical (unpaired) electrons. The second-order valence-electron chi connectivity index (χ2n) is 7.86. The highest BCUT2D eigenvalue weighted by Gasteiger charge is 2.33. The van der Waals surface area contributed by atoms with Crippen molar-refractivity contribution < 1.29 is 17.9 Å². The van der Waals surface area contributed by atoms with E-state index in [9.17, 15) is 13.2 Å². The molecular weight excluding hydrogens is 466 g/mol. The average Bonchev–Trinajstić information content (AvgIpc) is 3.34. The zero-order valence-electron chi connectivity index (χ0n) is 18.2. The molecule has 4 rings (SSSR count). The Morgan fingerprint density at radius 2 is 1.69 bits per heavy atom. The summed E-state index contributed by atoms with van der Waals surface area (Å²) in [7, 11) is -1.96. The van der Waals surface area contributed by atoms with Crippen LogP contribution in [0.5, 0.6) is 5.75 Å². The van der Waals surface area contributed by atoms with Crippen LogP contribution >= 0.6 is 23.1 Å². The lowest BCUT2D eigenvalue weighted by atomic mass is 10.1. The van der Waals surface area contributed by atoms with E-state index in [4.69, 9.17) is 4.74 Å². The van der Waals surface area contributed by atoms with Gasteiger partial charge in [-0.15, -0.1) is 11.3 Å². The summed E-state index contributed by atoms with van der Waals surface area (Å²) in [6, 6.07) is 9.69. The number of methoxy groups -OCH3 is 1. The summed E-state index contributed by atoms with van der Waals surface area (Å²) < 4.78 is 32.9. The molecule has 1 aromatic heterocycles. The lowest BCUT2D eigenvalue weighted by Crippen LogP contribution is -2.49. The summed E-state index contributed by atoms with van der Waals surface area (Å²) in [5.74, 6) is 2.28. The van der Waals surface area contributed by atoms with Crippen LogP contribution in [-0.4, -0.2) is 92.9 Å². The fourth-order valence-corrected chi connectivity index (χ4v) is 7.92. The zero-order chi connectivity index (χ0) is 22.6. The monoisotopic (exact) mass is 495 g/mol. The topological polar surface area (TPSA) is 70.2 Å². The van der Waals surface area contributed by atoms with Crippen LogP contribution in [0, 0.1) is 0 Å². The molecule has 7 nitrogen and oxygen atoms in total. The molecule has 1 amide bonds. The molecule has 0 bridgehead atoms. The van der Waals surface area contributed by atoms with Crippen molar-refractivity contribution >= 4 is 39.0 Å². The lowest BCUT2D eigenvalue weighted by Gasteiger charge is -2.34. The molecule has 3 heterocycles. The van der Waals surface area contributed by atoms with Gasteiger partial charge in [-0.1, -0.05) is 12.1 Å². The maximum atomic E-state index is 13.2. The van der Waals surface area contributed by atoms with Gasteiger partial charge in [-0.3, -0.25) is 9.69 Å². The average molecular weight is 496 g/mol. The number of piperazine rings is 1. The van der Waals surface area contributed by atoms with E-state index in [2.05, 4.69) is 17.0 Å². The smallest absolute Gasteiger partial charge is 0.265 e. The Labute approximate surface area is 198 Å². The predicted octanol–water partition coefficient (Wildman–Crippen LogP) is 2.49. The Hall–Kier alpha value is -1.59. The maximum absolute atomic E-state index is 13.2. The van der Waals surface area contributed by atoms with Crippen LogP contribution in [0.25, 0.3) is 0 Å². The van der Waals surface area contributed by atoms with Gasteiger partial charge in [0.05, 0.1) is 7.11 Å². The fourth-order valence-electron chi connectivity index (χ4n) is 3.98. The van der Waals surface area contributed by atoms with E-state index >= 15 is 0 Å². The van der Waals surface area contributed by atoms with Gasteiger partial charge in [-0.05, 0) is 35.6 Å². The SMILES string of the molecule is COc1ccc(CCN2CCN(C(=O)c3sccc3S(=O)(=O)N3CCSCC3)CC2)cc1. The number of ether oxygens (including phenoxy) is 1. The molecule has 0 atom stereocenters. The van der Waals surface area contributed by atoms with Gasteiger partial charge in [0, 0.05) is 57.3 Å².